The van der Waals surface area contributed by atoms with Gasteiger partial charge in [0.05, 0.1) is 26.4 Å². The van der Waals surface area contributed by atoms with E-state index in [2.05, 4.69) is 41.5 Å². The smallest absolute Gasteiger partial charge is 0.462 e. The lowest BCUT2D eigenvalue weighted by Crippen LogP contribution is -2.30. The SMILES string of the molecule is CCCCCCCCCCCCCCCCCCCCC(=O)O[C@H](COC(=O)CCCCCCCCCCCCCCCCC)COP(=O)(O)OC[C@@H](O)COP(=O)(O)OC[C@@H](COC(=O)CCCCCCCCC(C)C)OC(=O)CCCCCCCCCCC(C)C. The quantitative estimate of drug-likeness (QED) is 0.0222. The first-order chi connectivity index (χ1) is 44.9. The number of unbranched alkanes of at least 4 members (excludes halogenated alkanes) is 43. The molecule has 0 bridgehead atoms. The Morgan fingerprint density at radius 2 is 0.495 bits per heavy atom. The maximum Gasteiger partial charge on any atom is 0.472 e. The van der Waals surface area contributed by atoms with Gasteiger partial charge in [-0.3, -0.25) is 37.3 Å². The number of hydrogen-bond acceptors (Lipinski definition) is 15. The lowest BCUT2D eigenvalue weighted by molar-refractivity contribution is -0.161. The van der Waals surface area contributed by atoms with Crippen molar-refractivity contribution >= 4 is 39.5 Å². The summed E-state index contributed by atoms with van der Waals surface area (Å²) >= 11 is 0. The zero-order valence-electron chi connectivity index (χ0n) is 60.6. The van der Waals surface area contributed by atoms with Gasteiger partial charge in [-0.25, -0.2) is 9.13 Å². The Balaban J connectivity index is 5.22. The average molecular weight is 1370 g/mol. The molecule has 552 valence electrons. The molecule has 0 aromatic carbocycles. The van der Waals surface area contributed by atoms with Crippen molar-refractivity contribution in [1.29, 1.82) is 0 Å². The largest absolute Gasteiger partial charge is 0.472 e. The molecule has 0 aliphatic rings. The third-order valence-electron chi connectivity index (χ3n) is 17.2. The van der Waals surface area contributed by atoms with Gasteiger partial charge < -0.3 is 33.8 Å². The first kappa shape index (κ1) is 91.1. The van der Waals surface area contributed by atoms with Gasteiger partial charge in [-0.1, -0.05) is 330 Å². The summed E-state index contributed by atoms with van der Waals surface area (Å²) in [5.41, 5.74) is 0. The highest BCUT2D eigenvalue weighted by Gasteiger charge is 2.30. The molecule has 0 aromatic heterocycles. The number of aliphatic hydroxyl groups is 1. The molecule has 0 saturated carbocycles. The first-order valence-corrected chi connectivity index (χ1v) is 41.5. The fraction of sp³-hybridized carbons (Fsp3) is 0.946. The standard InChI is InChI=1S/C74H144O17P2/c1-7-9-11-13-15-17-19-21-23-24-25-27-29-31-33-38-46-52-58-73(78)90-69(62-84-71(76)56-50-44-37-32-30-28-26-22-20-18-16-14-12-10-8-2)64-88-92(80,81)86-60-68(75)61-87-93(82,83)89-65-70(63-85-72(77)57-51-45-41-40-43-49-55-67(5)6)91-74(79)59-53-47-39-35-34-36-42-48-54-66(3)4/h66-70,75H,7-65H2,1-6H3,(H,80,81)(H,82,83)/t68-,69-,70-/m1/s1. The summed E-state index contributed by atoms with van der Waals surface area (Å²) in [7, 11) is -9.91. The molecular weight excluding hydrogens is 1220 g/mol. The number of hydrogen-bond donors (Lipinski definition) is 3. The molecule has 2 unspecified atom stereocenters. The number of esters is 4. The Bertz CT molecular complexity index is 1800. The fourth-order valence-electron chi connectivity index (χ4n) is 11.3. The van der Waals surface area contributed by atoms with E-state index < -0.39 is 97.5 Å². The zero-order valence-corrected chi connectivity index (χ0v) is 62.3. The van der Waals surface area contributed by atoms with Crippen molar-refractivity contribution < 1.29 is 80.2 Å². The number of carbonyl (C=O) groups is 4. The summed E-state index contributed by atoms with van der Waals surface area (Å²) in [5, 5.41) is 10.6. The van der Waals surface area contributed by atoms with Gasteiger partial charge >= 0.3 is 39.5 Å². The number of phosphoric ester groups is 2. The minimum Gasteiger partial charge on any atom is -0.462 e. The van der Waals surface area contributed by atoms with Crippen LogP contribution in [0.2, 0.25) is 0 Å². The van der Waals surface area contributed by atoms with Crippen LogP contribution in [-0.2, 0) is 65.4 Å². The van der Waals surface area contributed by atoms with Gasteiger partial charge in [0, 0.05) is 25.7 Å². The molecule has 19 heteroatoms. The molecule has 0 fully saturated rings. The molecule has 17 nitrogen and oxygen atoms in total. The molecule has 0 spiro atoms. The van der Waals surface area contributed by atoms with Gasteiger partial charge in [0.1, 0.15) is 19.3 Å². The van der Waals surface area contributed by atoms with Crippen LogP contribution in [0.15, 0.2) is 0 Å². The molecule has 93 heavy (non-hydrogen) atoms. The molecule has 0 rings (SSSR count). The van der Waals surface area contributed by atoms with E-state index in [4.69, 9.17) is 37.0 Å². The number of aliphatic hydroxyl groups excluding tert-OH is 1. The van der Waals surface area contributed by atoms with E-state index >= 15 is 0 Å². The third kappa shape index (κ3) is 68.4. The van der Waals surface area contributed by atoms with Crippen molar-refractivity contribution in [1.82, 2.24) is 0 Å². The van der Waals surface area contributed by atoms with Crippen molar-refractivity contribution in [3.8, 4) is 0 Å². The van der Waals surface area contributed by atoms with Gasteiger partial charge in [-0.05, 0) is 37.5 Å². The lowest BCUT2D eigenvalue weighted by Gasteiger charge is -2.21. The highest BCUT2D eigenvalue weighted by Crippen LogP contribution is 2.45. The number of ether oxygens (including phenoxy) is 4. The molecule has 0 aliphatic carbocycles. The molecule has 0 aliphatic heterocycles. The van der Waals surface area contributed by atoms with E-state index in [0.29, 0.717) is 31.6 Å². The second-order valence-corrected chi connectivity index (χ2v) is 30.5. The van der Waals surface area contributed by atoms with Gasteiger partial charge in [0.2, 0.25) is 0 Å². The van der Waals surface area contributed by atoms with Gasteiger partial charge in [-0.2, -0.15) is 0 Å². The molecule has 0 radical (unpaired) electrons. The molecule has 0 heterocycles. The lowest BCUT2D eigenvalue weighted by atomic mass is 10.0. The summed E-state index contributed by atoms with van der Waals surface area (Å²) in [6.07, 6.45) is 53.0. The molecule has 0 saturated heterocycles. The Hall–Kier alpha value is -1.94. The third-order valence-corrected chi connectivity index (χ3v) is 19.1. The van der Waals surface area contributed by atoms with Crippen molar-refractivity contribution in [2.45, 2.75) is 400 Å². The van der Waals surface area contributed by atoms with Crippen LogP contribution in [-0.4, -0.2) is 96.7 Å². The average Bonchev–Trinajstić information content (AvgIpc) is 1.89. The summed E-state index contributed by atoms with van der Waals surface area (Å²) < 4.78 is 68.4. The van der Waals surface area contributed by atoms with E-state index in [1.807, 2.05) is 0 Å². The van der Waals surface area contributed by atoms with E-state index in [1.165, 1.54) is 193 Å². The zero-order chi connectivity index (χ0) is 68.6. The summed E-state index contributed by atoms with van der Waals surface area (Å²) in [6.45, 7) is 9.46. The van der Waals surface area contributed by atoms with Crippen LogP contribution in [0, 0.1) is 11.8 Å². The Morgan fingerprint density at radius 1 is 0.290 bits per heavy atom. The number of rotatable bonds is 73. The molecule has 0 aromatic rings. The Kier molecular flexibility index (Phi) is 64.6. The van der Waals surface area contributed by atoms with Crippen LogP contribution in [0.25, 0.3) is 0 Å². The molecule has 5 atom stereocenters. The van der Waals surface area contributed by atoms with Crippen LogP contribution in [0.1, 0.15) is 382 Å². The van der Waals surface area contributed by atoms with Crippen LogP contribution in [0.4, 0.5) is 0 Å². The highest BCUT2D eigenvalue weighted by atomic mass is 31.2. The Labute approximate surface area is 568 Å². The van der Waals surface area contributed by atoms with Crippen LogP contribution >= 0.6 is 15.6 Å². The first-order valence-electron chi connectivity index (χ1n) is 38.5. The Morgan fingerprint density at radius 3 is 0.731 bits per heavy atom. The van der Waals surface area contributed by atoms with Crippen molar-refractivity contribution in [3.05, 3.63) is 0 Å². The van der Waals surface area contributed by atoms with Gasteiger partial charge in [0.25, 0.3) is 0 Å². The van der Waals surface area contributed by atoms with Crippen LogP contribution < -0.4 is 0 Å². The second kappa shape index (κ2) is 66.0. The second-order valence-electron chi connectivity index (χ2n) is 27.6. The maximum absolute atomic E-state index is 13.1. The number of phosphoric acid groups is 2. The normalized spacial score (nSPS) is 14.1. The molecular formula is C74H144O17P2. The summed E-state index contributed by atoms with van der Waals surface area (Å²) in [6, 6.07) is 0. The predicted octanol–water partition coefficient (Wildman–Crippen LogP) is 21.6. The van der Waals surface area contributed by atoms with E-state index in [0.717, 1.165) is 102 Å². The summed E-state index contributed by atoms with van der Waals surface area (Å²) in [5.74, 6) is -0.724. The van der Waals surface area contributed by atoms with E-state index in [1.54, 1.807) is 0 Å². The monoisotopic (exact) mass is 1370 g/mol. The van der Waals surface area contributed by atoms with Crippen LogP contribution in [0.5, 0.6) is 0 Å². The predicted molar refractivity (Wildman–Crippen MR) is 377 cm³/mol. The summed E-state index contributed by atoms with van der Waals surface area (Å²) in [4.78, 5) is 72.7. The molecule has 3 N–H and O–H groups in total. The van der Waals surface area contributed by atoms with Gasteiger partial charge in [-0.15, -0.1) is 0 Å². The molecule has 0 amide bonds. The maximum atomic E-state index is 13.1. The van der Waals surface area contributed by atoms with Gasteiger partial charge in [0.15, 0.2) is 12.2 Å². The minimum absolute atomic E-state index is 0.104. The van der Waals surface area contributed by atoms with Crippen molar-refractivity contribution in [2.24, 2.45) is 11.8 Å². The van der Waals surface area contributed by atoms with Crippen molar-refractivity contribution in [2.75, 3.05) is 39.6 Å². The fourth-order valence-corrected chi connectivity index (χ4v) is 12.9. The number of carbonyl (C=O) groups excluding carboxylic acids is 4. The topological polar surface area (TPSA) is 237 Å². The van der Waals surface area contributed by atoms with Crippen molar-refractivity contribution in [3.63, 3.8) is 0 Å². The van der Waals surface area contributed by atoms with Crippen LogP contribution in [0.3, 0.4) is 0 Å². The minimum atomic E-state index is -4.96. The van der Waals surface area contributed by atoms with E-state index in [9.17, 15) is 43.2 Å². The highest BCUT2D eigenvalue weighted by molar-refractivity contribution is 7.47. The van der Waals surface area contributed by atoms with E-state index in [-0.39, 0.29) is 25.7 Å².